The van der Waals surface area contributed by atoms with Crippen LogP contribution < -0.4 is 16.0 Å². The van der Waals surface area contributed by atoms with Crippen LogP contribution in [0.2, 0.25) is 0 Å². The maximum absolute atomic E-state index is 11.2. The zero-order valence-corrected chi connectivity index (χ0v) is 10.1. The summed E-state index contributed by atoms with van der Waals surface area (Å²) >= 11 is 0. The number of carbonyl (C=O) groups excluding carboxylic acids is 2. The highest BCUT2D eigenvalue weighted by Gasteiger charge is 2.17. The van der Waals surface area contributed by atoms with Crippen LogP contribution in [0.4, 0.5) is 4.79 Å². The maximum atomic E-state index is 11.2. The van der Waals surface area contributed by atoms with Crippen LogP contribution in [0.15, 0.2) is 0 Å². The second-order valence-corrected chi connectivity index (χ2v) is 3.48. The number of carbonyl (C=O) groups is 3. The van der Waals surface area contributed by atoms with Gasteiger partial charge in [0.05, 0.1) is 6.54 Å². The van der Waals surface area contributed by atoms with E-state index in [-0.39, 0.29) is 18.9 Å². The van der Waals surface area contributed by atoms with Crippen molar-refractivity contribution in [1.82, 2.24) is 16.0 Å². The average molecular weight is 245 g/mol. The highest BCUT2D eigenvalue weighted by Crippen LogP contribution is 1.89. The van der Waals surface area contributed by atoms with Gasteiger partial charge in [0.2, 0.25) is 5.91 Å². The van der Waals surface area contributed by atoms with E-state index >= 15 is 0 Å². The van der Waals surface area contributed by atoms with Gasteiger partial charge in [0, 0.05) is 6.54 Å². The number of carboxylic acids is 1. The van der Waals surface area contributed by atoms with E-state index in [4.69, 9.17) is 5.11 Å². The van der Waals surface area contributed by atoms with E-state index < -0.39 is 18.0 Å². The number of rotatable bonds is 7. The standard InChI is InChI=1S/C10H19N3O4/c1-3-5-11-8(14)6-12-10(17)13-7(4-2)9(15)16/h7H,3-6H2,1-2H3,(H,11,14)(H,15,16)(H2,12,13,17)/t7-/m0/s1. The van der Waals surface area contributed by atoms with Gasteiger partial charge < -0.3 is 21.1 Å². The van der Waals surface area contributed by atoms with Crippen LogP contribution in [-0.2, 0) is 9.59 Å². The molecule has 0 aromatic carbocycles. The lowest BCUT2D eigenvalue weighted by Gasteiger charge is -2.12. The van der Waals surface area contributed by atoms with Gasteiger partial charge >= 0.3 is 12.0 Å². The first-order valence-electron chi connectivity index (χ1n) is 5.55. The van der Waals surface area contributed by atoms with Crippen molar-refractivity contribution in [3.63, 3.8) is 0 Å². The molecule has 0 aliphatic carbocycles. The number of hydrogen-bond donors (Lipinski definition) is 4. The second kappa shape index (κ2) is 8.37. The van der Waals surface area contributed by atoms with Crippen LogP contribution in [0, 0.1) is 0 Å². The summed E-state index contributed by atoms with van der Waals surface area (Å²) in [4.78, 5) is 33.0. The lowest BCUT2D eigenvalue weighted by molar-refractivity contribution is -0.139. The molecule has 7 heteroatoms. The highest BCUT2D eigenvalue weighted by atomic mass is 16.4. The summed E-state index contributed by atoms with van der Waals surface area (Å²) in [5.74, 6) is -1.40. The maximum Gasteiger partial charge on any atom is 0.326 e. The monoisotopic (exact) mass is 245 g/mol. The Morgan fingerprint density at radius 3 is 2.29 bits per heavy atom. The third-order valence-electron chi connectivity index (χ3n) is 1.99. The minimum absolute atomic E-state index is 0.165. The lowest BCUT2D eigenvalue weighted by atomic mass is 10.2. The molecule has 4 N–H and O–H groups in total. The van der Waals surface area contributed by atoms with Crippen molar-refractivity contribution in [3.05, 3.63) is 0 Å². The van der Waals surface area contributed by atoms with Gasteiger partial charge in [-0.2, -0.15) is 0 Å². The molecule has 0 radical (unpaired) electrons. The van der Waals surface area contributed by atoms with Gasteiger partial charge in [0.25, 0.3) is 0 Å². The Morgan fingerprint density at radius 2 is 1.82 bits per heavy atom. The second-order valence-electron chi connectivity index (χ2n) is 3.48. The topological polar surface area (TPSA) is 108 Å². The molecule has 0 bridgehead atoms. The van der Waals surface area contributed by atoms with E-state index in [1.165, 1.54) is 0 Å². The quantitative estimate of drug-likeness (QED) is 0.492. The summed E-state index contributed by atoms with van der Waals surface area (Å²) in [5, 5.41) is 15.8. The fraction of sp³-hybridized carbons (Fsp3) is 0.700. The minimum atomic E-state index is -1.10. The number of urea groups is 1. The summed E-state index contributed by atoms with van der Waals surface area (Å²) in [7, 11) is 0. The summed E-state index contributed by atoms with van der Waals surface area (Å²) < 4.78 is 0. The Labute approximate surface area is 100.0 Å². The predicted molar refractivity (Wildman–Crippen MR) is 61.5 cm³/mol. The third-order valence-corrected chi connectivity index (χ3v) is 1.99. The van der Waals surface area contributed by atoms with E-state index in [1.54, 1.807) is 6.92 Å². The minimum Gasteiger partial charge on any atom is -0.480 e. The molecule has 0 fully saturated rings. The van der Waals surface area contributed by atoms with Crippen molar-refractivity contribution < 1.29 is 19.5 Å². The molecular weight excluding hydrogens is 226 g/mol. The number of nitrogens with one attached hydrogen (secondary N) is 3. The molecule has 7 nitrogen and oxygen atoms in total. The van der Waals surface area contributed by atoms with Crippen molar-refractivity contribution in [1.29, 1.82) is 0 Å². The number of aliphatic carboxylic acids is 1. The number of amides is 3. The van der Waals surface area contributed by atoms with E-state index in [2.05, 4.69) is 16.0 Å². The molecule has 0 aromatic heterocycles. The van der Waals surface area contributed by atoms with Crippen molar-refractivity contribution in [3.8, 4) is 0 Å². The normalized spacial score (nSPS) is 11.4. The summed E-state index contributed by atoms with van der Waals surface area (Å²) in [5.41, 5.74) is 0. The van der Waals surface area contributed by atoms with Gasteiger partial charge in [-0.3, -0.25) is 4.79 Å². The molecule has 0 rings (SSSR count). The van der Waals surface area contributed by atoms with Crippen molar-refractivity contribution in [2.45, 2.75) is 32.7 Å². The van der Waals surface area contributed by atoms with Gasteiger partial charge in [-0.1, -0.05) is 13.8 Å². The number of hydrogen-bond acceptors (Lipinski definition) is 3. The average Bonchev–Trinajstić information content (AvgIpc) is 2.30. The first-order chi connectivity index (χ1) is 8.01. The summed E-state index contributed by atoms with van der Waals surface area (Å²) in [6.45, 7) is 3.95. The first kappa shape index (κ1) is 15.2. The van der Waals surface area contributed by atoms with Crippen LogP contribution in [0.5, 0.6) is 0 Å². The summed E-state index contributed by atoms with van der Waals surface area (Å²) in [6.07, 6.45) is 1.10. The Bertz CT molecular complexity index is 281. The van der Waals surface area contributed by atoms with Crippen molar-refractivity contribution in [2.75, 3.05) is 13.1 Å². The Hall–Kier alpha value is -1.79. The molecule has 0 spiro atoms. The molecule has 0 aliphatic heterocycles. The molecule has 3 amide bonds. The zero-order valence-electron chi connectivity index (χ0n) is 10.1. The van der Waals surface area contributed by atoms with E-state index in [0.717, 1.165) is 6.42 Å². The van der Waals surface area contributed by atoms with Gasteiger partial charge in [-0.15, -0.1) is 0 Å². The van der Waals surface area contributed by atoms with Crippen molar-refractivity contribution in [2.24, 2.45) is 0 Å². The van der Waals surface area contributed by atoms with Crippen LogP contribution in [0.25, 0.3) is 0 Å². The Balaban J connectivity index is 3.86. The number of carboxylic acid groups (broad SMARTS) is 1. The molecular formula is C10H19N3O4. The van der Waals surface area contributed by atoms with E-state index in [0.29, 0.717) is 6.54 Å². The highest BCUT2D eigenvalue weighted by molar-refractivity contribution is 5.86. The van der Waals surface area contributed by atoms with Gasteiger partial charge in [-0.05, 0) is 12.8 Å². The predicted octanol–water partition coefficient (Wildman–Crippen LogP) is -0.325. The molecule has 0 saturated carbocycles. The fourth-order valence-corrected chi connectivity index (χ4v) is 1.04. The van der Waals surface area contributed by atoms with Crippen molar-refractivity contribution >= 4 is 17.9 Å². The van der Waals surface area contributed by atoms with E-state index in [9.17, 15) is 14.4 Å². The van der Waals surface area contributed by atoms with Gasteiger partial charge in [0.15, 0.2) is 0 Å². The summed E-state index contributed by atoms with van der Waals surface area (Å²) in [6, 6.07) is -1.60. The Morgan fingerprint density at radius 1 is 1.18 bits per heavy atom. The molecule has 0 unspecified atom stereocenters. The Kier molecular flexibility index (Phi) is 7.49. The zero-order chi connectivity index (χ0) is 13.3. The van der Waals surface area contributed by atoms with Crippen LogP contribution in [0.1, 0.15) is 26.7 Å². The third kappa shape index (κ3) is 7.15. The lowest BCUT2D eigenvalue weighted by Crippen LogP contribution is -2.48. The molecule has 17 heavy (non-hydrogen) atoms. The van der Waals surface area contributed by atoms with Gasteiger partial charge in [-0.25, -0.2) is 9.59 Å². The molecule has 0 saturated heterocycles. The van der Waals surface area contributed by atoms with Crippen LogP contribution >= 0.6 is 0 Å². The van der Waals surface area contributed by atoms with Crippen LogP contribution in [0.3, 0.4) is 0 Å². The molecule has 0 aliphatic rings. The molecule has 0 aromatic rings. The SMILES string of the molecule is CCCNC(=O)CNC(=O)N[C@@H](CC)C(=O)O. The first-order valence-corrected chi connectivity index (χ1v) is 5.55. The molecule has 1 atom stereocenters. The van der Waals surface area contributed by atoms with Gasteiger partial charge in [0.1, 0.15) is 6.04 Å². The van der Waals surface area contributed by atoms with E-state index in [1.807, 2.05) is 6.92 Å². The molecule has 98 valence electrons. The fourth-order valence-electron chi connectivity index (χ4n) is 1.04. The smallest absolute Gasteiger partial charge is 0.326 e. The largest absolute Gasteiger partial charge is 0.480 e. The molecule has 0 heterocycles. The van der Waals surface area contributed by atoms with Crippen LogP contribution in [-0.4, -0.2) is 42.1 Å².